The van der Waals surface area contributed by atoms with Gasteiger partial charge in [0.2, 0.25) is 0 Å². The molecule has 0 aliphatic carbocycles. The second-order valence-electron chi connectivity index (χ2n) is 5.44. The number of hydrogen-bond donors (Lipinski definition) is 1. The molecule has 20 heavy (non-hydrogen) atoms. The van der Waals surface area contributed by atoms with Crippen LogP contribution >= 0.6 is 0 Å². The van der Waals surface area contributed by atoms with Crippen LogP contribution in [0.1, 0.15) is 20.3 Å². The Hall–Kier alpha value is -2.04. The molecule has 2 rings (SSSR count). The lowest BCUT2D eigenvalue weighted by Gasteiger charge is -2.29. The fraction of sp³-hybridized carbons (Fsp3) is 0.467. The maximum absolute atomic E-state index is 12.6. The number of carboxylic acids is 1. The van der Waals surface area contributed by atoms with Crippen molar-refractivity contribution in [2.45, 2.75) is 26.3 Å². The summed E-state index contributed by atoms with van der Waals surface area (Å²) in [6.45, 7) is 4.47. The molecule has 108 valence electrons. The quantitative estimate of drug-likeness (QED) is 0.922. The molecule has 2 amide bonds. The SMILES string of the molecule is CC1CC(C)N(C(=O)N(CC(=O)O)c2ccccc2)C1. The summed E-state index contributed by atoms with van der Waals surface area (Å²) in [6.07, 6.45) is 0.960. The highest BCUT2D eigenvalue weighted by Crippen LogP contribution is 2.25. The van der Waals surface area contributed by atoms with E-state index in [4.69, 9.17) is 5.11 Å². The van der Waals surface area contributed by atoms with Crippen LogP contribution in [0.25, 0.3) is 0 Å². The Balaban J connectivity index is 2.23. The van der Waals surface area contributed by atoms with E-state index in [1.165, 1.54) is 4.90 Å². The maximum Gasteiger partial charge on any atom is 0.325 e. The number of anilines is 1. The predicted molar refractivity (Wildman–Crippen MR) is 76.8 cm³/mol. The first-order valence-corrected chi connectivity index (χ1v) is 6.84. The van der Waals surface area contributed by atoms with Gasteiger partial charge < -0.3 is 10.0 Å². The zero-order chi connectivity index (χ0) is 14.7. The third-order valence-corrected chi connectivity index (χ3v) is 3.62. The molecule has 1 saturated heterocycles. The van der Waals surface area contributed by atoms with Gasteiger partial charge in [-0.3, -0.25) is 9.69 Å². The zero-order valence-corrected chi connectivity index (χ0v) is 11.8. The lowest BCUT2D eigenvalue weighted by atomic mass is 10.1. The van der Waals surface area contributed by atoms with Crippen molar-refractivity contribution in [3.05, 3.63) is 30.3 Å². The van der Waals surface area contributed by atoms with Gasteiger partial charge in [-0.15, -0.1) is 0 Å². The number of amides is 2. The van der Waals surface area contributed by atoms with Crippen LogP contribution in [0.4, 0.5) is 10.5 Å². The molecule has 1 heterocycles. The number of rotatable bonds is 3. The summed E-state index contributed by atoms with van der Waals surface area (Å²) in [7, 11) is 0. The van der Waals surface area contributed by atoms with Crippen molar-refractivity contribution < 1.29 is 14.7 Å². The average molecular weight is 276 g/mol. The molecule has 2 atom stereocenters. The van der Waals surface area contributed by atoms with E-state index >= 15 is 0 Å². The Kier molecular flexibility index (Phi) is 4.27. The van der Waals surface area contributed by atoms with Gasteiger partial charge in [0.1, 0.15) is 6.54 Å². The van der Waals surface area contributed by atoms with E-state index in [0.29, 0.717) is 18.2 Å². The highest BCUT2D eigenvalue weighted by Gasteiger charge is 2.33. The van der Waals surface area contributed by atoms with E-state index in [2.05, 4.69) is 6.92 Å². The molecule has 2 unspecified atom stereocenters. The molecule has 0 spiro atoms. The highest BCUT2D eigenvalue weighted by atomic mass is 16.4. The number of hydrogen-bond acceptors (Lipinski definition) is 2. The minimum absolute atomic E-state index is 0.150. The minimum atomic E-state index is -1.01. The second kappa shape index (κ2) is 5.94. The minimum Gasteiger partial charge on any atom is -0.480 e. The Labute approximate surface area is 118 Å². The lowest BCUT2D eigenvalue weighted by molar-refractivity contribution is -0.135. The number of carboxylic acid groups (broad SMARTS) is 1. The van der Waals surface area contributed by atoms with Crippen LogP contribution in [0, 0.1) is 5.92 Å². The molecular formula is C15H20N2O3. The molecule has 0 bridgehead atoms. The van der Waals surface area contributed by atoms with Crippen molar-refractivity contribution in [1.82, 2.24) is 4.90 Å². The molecule has 1 aliphatic rings. The first-order chi connectivity index (χ1) is 9.49. The summed E-state index contributed by atoms with van der Waals surface area (Å²) in [5, 5.41) is 9.04. The van der Waals surface area contributed by atoms with Gasteiger partial charge >= 0.3 is 12.0 Å². The largest absolute Gasteiger partial charge is 0.480 e. The number of likely N-dealkylation sites (tertiary alicyclic amines) is 1. The van der Waals surface area contributed by atoms with Crippen LogP contribution in [0.3, 0.4) is 0 Å². The van der Waals surface area contributed by atoms with Crippen molar-refractivity contribution in [2.75, 3.05) is 18.0 Å². The summed E-state index contributed by atoms with van der Waals surface area (Å²) in [4.78, 5) is 26.8. The van der Waals surface area contributed by atoms with Crippen LogP contribution in [0.15, 0.2) is 30.3 Å². The predicted octanol–water partition coefficient (Wildman–Crippen LogP) is 2.43. The van der Waals surface area contributed by atoms with Crippen LogP contribution in [0.5, 0.6) is 0 Å². The molecule has 0 radical (unpaired) electrons. The normalized spacial score (nSPS) is 21.8. The third kappa shape index (κ3) is 3.10. The van der Waals surface area contributed by atoms with Crippen molar-refractivity contribution in [1.29, 1.82) is 0 Å². The summed E-state index contributed by atoms with van der Waals surface area (Å²) >= 11 is 0. The van der Waals surface area contributed by atoms with Gasteiger partial charge in [-0.05, 0) is 31.4 Å². The smallest absolute Gasteiger partial charge is 0.325 e. The van der Waals surface area contributed by atoms with Gasteiger partial charge in [0.15, 0.2) is 0 Å². The number of carbonyl (C=O) groups excluding carboxylic acids is 1. The Morgan fingerprint density at radius 1 is 1.30 bits per heavy atom. The molecule has 1 aromatic rings. The molecule has 0 aromatic heterocycles. The zero-order valence-electron chi connectivity index (χ0n) is 11.8. The average Bonchev–Trinajstić information content (AvgIpc) is 2.75. The topological polar surface area (TPSA) is 60.9 Å². The van der Waals surface area contributed by atoms with E-state index in [1.54, 1.807) is 29.2 Å². The fourth-order valence-electron chi connectivity index (χ4n) is 2.73. The molecule has 1 N–H and O–H groups in total. The van der Waals surface area contributed by atoms with Gasteiger partial charge in [0.05, 0.1) is 0 Å². The van der Waals surface area contributed by atoms with Crippen LogP contribution in [0.2, 0.25) is 0 Å². The first-order valence-electron chi connectivity index (χ1n) is 6.84. The van der Waals surface area contributed by atoms with Gasteiger partial charge in [-0.2, -0.15) is 0 Å². The summed E-state index contributed by atoms with van der Waals surface area (Å²) < 4.78 is 0. The van der Waals surface area contributed by atoms with Crippen LogP contribution in [-0.2, 0) is 4.79 Å². The van der Waals surface area contributed by atoms with Crippen LogP contribution < -0.4 is 4.90 Å². The summed E-state index contributed by atoms with van der Waals surface area (Å²) in [5.74, 6) is -0.557. The number of para-hydroxylation sites is 1. The lowest BCUT2D eigenvalue weighted by Crippen LogP contribution is -2.47. The molecular weight excluding hydrogens is 256 g/mol. The Morgan fingerprint density at radius 3 is 2.45 bits per heavy atom. The van der Waals surface area contributed by atoms with Crippen molar-refractivity contribution in [3.63, 3.8) is 0 Å². The van der Waals surface area contributed by atoms with Crippen molar-refractivity contribution in [2.24, 2.45) is 5.92 Å². The molecule has 5 heteroatoms. The second-order valence-corrected chi connectivity index (χ2v) is 5.44. The summed E-state index contributed by atoms with van der Waals surface area (Å²) in [5.41, 5.74) is 0.617. The van der Waals surface area contributed by atoms with Crippen LogP contribution in [-0.4, -0.2) is 41.1 Å². The van der Waals surface area contributed by atoms with Gasteiger partial charge in [0.25, 0.3) is 0 Å². The number of aliphatic carboxylic acids is 1. The molecule has 1 aromatic carbocycles. The molecule has 1 fully saturated rings. The van der Waals surface area contributed by atoms with E-state index < -0.39 is 5.97 Å². The summed E-state index contributed by atoms with van der Waals surface area (Å²) in [6, 6.07) is 8.87. The van der Waals surface area contributed by atoms with Gasteiger partial charge in [-0.25, -0.2) is 4.79 Å². The van der Waals surface area contributed by atoms with Gasteiger partial charge in [-0.1, -0.05) is 25.1 Å². The first kappa shape index (κ1) is 14.4. The molecule has 1 aliphatic heterocycles. The van der Waals surface area contributed by atoms with E-state index in [9.17, 15) is 9.59 Å². The fourth-order valence-corrected chi connectivity index (χ4v) is 2.73. The van der Waals surface area contributed by atoms with E-state index in [-0.39, 0.29) is 18.6 Å². The van der Waals surface area contributed by atoms with E-state index in [1.807, 2.05) is 13.0 Å². The maximum atomic E-state index is 12.6. The number of benzene rings is 1. The highest BCUT2D eigenvalue weighted by molar-refractivity contribution is 5.96. The standard InChI is InChI=1S/C15H20N2O3/c1-11-8-12(2)16(9-11)15(20)17(10-14(18)19)13-6-4-3-5-7-13/h3-7,11-12H,8-10H2,1-2H3,(H,18,19). The van der Waals surface area contributed by atoms with Crippen molar-refractivity contribution >= 4 is 17.7 Å². The monoisotopic (exact) mass is 276 g/mol. The number of nitrogens with zero attached hydrogens (tertiary/aromatic N) is 2. The molecule has 0 saturated carbocycles. The van der Waals surface area contributed by atoms with Crippen molar-refractivity contribution in [3.8, 4) is 0 Å². The van der Waals surface area contributed by atoms with Gasteiger partial charge in [0, 0.05) is 18.3 Å². The Bertz CT molecular complexity index is 489. The Morgan fingerprint density at radius 2 is 1.95 bits per heavy atom. The molecule has 5 nitrogen and oxygen atoms in total. The number of carbonyl (C=O) groups is 2. The number of urea groups is 1. The third-order valence-electron chi connectivity index (χ3n) is 3.62. The van der Waals surface area contributed by atoms with E-state index in [0.717, 1.165) is 6.42 Å².